The van der Waals surface area contributed by atoms with Gasteiger partial charge in [0.15, 0.2) is 0 Å². The summed E-state index contributed by atoms with van der Waals surface area (Å²) >= 11 is 0. The summed E-state index contributed by atoms with van der Waals surface area (Å²) in [6, 6.07) is 0. The summed E-state index contributed by atoms with van der Waals surface area (Å²) in [5.41, 5.74) is 0. The van der Waals surface area contributed by atoms with Crippen molar-refractivity contribution in [2.24, 2.45) is 11.8 Å². The Morgan fingerprint density at radius 1 is 1.20 bits per heavy atom. The van der Waals surface area contributed by atoms with Crippen molar-refractivity contribution in [1.29, 1.82) is 0 Å². The predicted octanol–water partition coefficient (Wildman–Crippen LogP) is 1.79. The number of carboxylic acid groups (broad SMARTS) is 1. The maximum absolute atomic E-state index is 11.5. The molecule has 114 valence electrons. The molecule has 0 radical (unpaired) electrons. The Morgan fingerprint density at radius 2 is 1.70 bits per heavy atom. The van der Waals surface area contributed by atoms with Crippen molar-refractivity contribution in [2.45, 2.75) is 32.6 Å². The van der Waals surface area contributed by atoms with Crippen LogP contribution in [0.15, 0.2) is 12.7 Å². The standard InChI is InChI=1S/C11H16O6.C3H6/c12-7-16-5-6-17-11(15)9-3-1-8(2-4-9)10(13)14;1-3-2/h7-9H,1-6H2,(H,13,14);3H,1H2,2H3. The highest BCUT2D eigenvalue weighted by Gasteiger charge is 2.30. The van der Waals surface area contributed by atoms with E-state index < -0.39 is 5.97 Å². The van der Waals surface area contributed by atoms with E-state index in [9.17, 15) is 14.4 Å². The van der Waals surface area contributed by atoms with E-state index in [0.29, 0.717) is 32.2 Å². The summed E-state index contributed by atoms with van der Waals surface area (Å²) in [6.45, 7) is 5.65. The number of hydrogen-bond acceptors (Lipinski definition) is 5. The van der Waals surface area contributed by atoms with Gasteiger partial charge in [0.1, 0.15) is 13.2 Å². The first-order chi connectivity index (χ1) is 9.56. The largest absolute Gasteiger partial charge is 0.481 e. The van der Waals surface area contributed by atoms with Gasteiger partial charge in [0.25, 0.3) is 6.47 Å². The molecule has 0 aromatic carbocycles. The Labute approximate surface area is 118 Å². The lowest BCUT2D eigenvalue weighted by Crippen LogP contribution is -2.27. The summed E-state index contributed by atoms with van der Waals surface area (Å²) in [6.07, 6.45) is 3.87. The number of carboxylic acids is 1. The van der Waals surface area contributed by atoms with E-state index in [1.54, 1.807) is 6.08 Å². The highest BCUT2D eigenvalue weighted by molar-refractivity contribution is 5.74. The second-order valence-corrected chi connectivity index (χ2v) is 4.43. The first-order valence-corrected chi connectivity index (χ1v) is 6.58. The molecule has 6 nitrogen and oxygen atoms in total. The highest BCUT2D eigenvalue weighted by Crippen LogP contribution is 2.29. The van der Waals surface area contributed by atoms with Crippen LogP contribution in [0, 0.1) is 11.8 Å². The lowest BCUT2D eigenvalue weighted by molar-refractivity contribution is -0.154. The third-order valence-corrected chi connectivity index (χ3v) is 2.92. The van der Waals surface area contributed by atoms with Gasteiger partial charge in [0.2, 0.25) is 0 Å². The Balaban J connectivity index is 0.00000110. The van der Waals surface area contributed by atoms with Gasteiger partial charge in [0.05, 0.1) is 11.8 Å². The van der Waals surface area contributed by atoms with Crippen LogP contribution in [0.25, 0.3) is 0 Å². The average molecular weight is 286 g/mol. The van der Waals surface area contributed by atoms with Gasteiger partial charge in [-0.05, 0) is 32.6 Å². The van der Waals surface area contributed by atoms with Crippen LogP contribution in [0.1, 0.15) is 32.6 Å². The summed E-state index contributed by atoms with van der Waals surface area (Å²) in [4.78, 5) is 32.1. The molecule has 0 aromatic heterocycles. The number of carbonyl (C=O) groups is 3. The maximum Gasteiger partial charge on any atom is 0.309 e. The van der Waals surface area contributed by atoms with Crippen molar-refractivity contribution in [3.63, 3.8) is 0 Å². The maximum atomic E-state index is 11.5. The molecular formula is C14H22O6. The fourth-order valence-corrected chi connectivity index (χ4v) is 1.93. The Kier molecular flexibility index (Phi) is 10.00. The minimum absolute atomic E-state index is 0.0520. The summed E-state index contributed by atoms with van der Waals surface area (Å²) in [5, 5.41) is 8.80. The second-order valence-electron chi connectivity index (χ2n) is 4.43. The molecule has 0 spiro atoms. The van der Waals surface area contributed by atoms with Gasteiger partial charge in [-0.3, -0.25) is 14.4 Å². The lowest BCUT2D eigenvalue weighted by atomic mass is 9.82. The van der Waals surface area contributed by atoms with Crippen LogP contribution in [-0.4, -0.2) is 36.7 Å². The van der Waals surface area contributed by atoms with E-state index in [4.69, 9.17) is 9.84 Å². The molecule has 0 unspecified atom stereocenters. The van der Waals surface area contributed by atoms with E-state index in [2.05, 4.69) is 11.3 Å². The van der Waals surface area contributed by atoms with Crippen LogP contribution in [-0.2, 0) is 23.9 Å². The molecule has 0 atom stereocenters. The van der Waals surface area contributed by atoms with Gasteiger partial charge >= 0.3 is 11.9 Å². The second kappa shape index (κ2) is 11.0. The van der Waals surface area contributed by atoms with Crippen LogP contribution < -0.4 is 0 Å². The highest BCUT2D eigenvalue weighted by atomic mass is 16.6. The quantitative estimate of drug-likeness (QED) is 0.346. The smallest absolute Gasteiger partial charge is 0.309 e. The zero-order chi connectivity index (χ0) is 15.4. The van der Waals surface area contributed by atoms with Gasteiger partial charge in [-0.1, -0.05) is 6.08 Å². The normalized spacial score (nSPS) is 20.9. The minimum Gasteiger partial charge on any atom is -0.481 e. The SMILES string of the molecule is C=CC.O=COCCOC(=O)C1CCC(C(=O)O)CC1. The molecule has 0 aliphatic heterocycles. The minimum atomic E-state index is -0.795. The number of hydrogen-bond donors (Lipinski definition) is 1. The fraction of sp³-hybridized carbons (Fsp3) is 0.643. The fourth-order valence-electron chi connectivity index (χ4n) is 1.93. The topological polar surface area (TPSA) is 89.9 Å². The van der Waals surface area contributed by atoms with Crippen LogP contribution in [0.4, 0.5) is 0 Å². The zero-order valence-electron chi connectivity index (χ0n) is 11.7. The molecular weight excluding hydrogens is 264 g/mol. The van der Waals surface area contributed by atoms with Gasteiger partial charge in [-0.2, -0.15) is 0 Å². The number of rotatable bonds is 6. The van der Waals surface area contributed by atoms with Crippen LogP contribution >= 0.6 is 0 Å². The average Bonchev–Trinajstić information content (AvgIpc) is 2.44. The van der Waals surface area contributed by atoms with Crippen molar-refractivity contribution in [3.05, 3.63) is 12.7 Å². The van der Waals surface area contributed by atoms with Crippen molar-refractivity contribution in [3.8, 4) is 0 Å². The van der Waals surface area contributed by atoms with Crippen molar-refractivity contribution >= 4 is 18.4 Å². The van der Waals surface area contributed by atoms with E-state index in [1.165, 1.54) is 0 Å². The number of carbonyl (C=O) groups excluding carboxylic acids is 2. The van der Waals surface area contributed by atoms with E-state index in [-0.39, 0.29) is 31.0 Å². The van der Waals surface area contributed by atoms with Gasteiger partial charge in [0, 0.05) is 0 Å². The Bertz CT molecular complexity index is 318. The molecule has 1 N–H and O–H groups in total. The summed E-state index contributed by atoms with van der Waals surface area (Å²) in [5.74, 6) is -1.68. The van der Waals surface area contributed by atoms with E-state index in [0.717, 1.165) is 0 Å². The molecule has 1 fully saturated rings. The first-order valence-electron chi connectivity index (χ1n) is 6.58. The van der Waals surface area contributed by atoms with E-state index in [1.807, 2.05) is 6.92 Å². The van der Waals surface area contributed by atoms with Gasteiger partial charge in [-0.15, -0.1) is 6.58 Å². The van der Waals surface area contributed by atoms with Gasteiger partial charge in [-0.25, -0.2) is 0 Å². The summed E-state index contributed by atoms with van der Waals surface area (Å²) in [7, 11) is 0. The van der Waals surface area contributed by atoms with Crippen molar-refractivity contribution in [2.75, 3.05) is 13.2 Å². The lowest BCUT2D eigenvalue weighted by Gasteiger charge is -2.24. The van der Waals surface area contributed by atoms with Crippen LogP contribution in [0.3, 0.4) is 0 Å². The monoisotopic (exact) mass is 286 g/mol. The molecule has 0 saturated heterocycles. The molecule has 1 rings (SSSR count). The molecule has 1 saturated carbocycles. The third-order valence-electron chi connectivity index (χ3n) is 2.92. The van der Waals surface area contributed by atoms with E-state index >= 15 is 0 Å². The molecule has 0 heterocycles. The molecule has 0 aromatic rings. The number of allylic oxidation sites excluding steroid dienone is 1. The number of aliphatic carboxylic acids is 1. The zero-order valence-corrected chi connectivity index (χ0v) is 11.7. The molecule has 20 heavy (non-hydrogen) atoms. The molecule has 6 heteroatoms. The number of esters is 1. The molecule has 1 aliphatic rings. The first kappa shape index (κ1) is 18.1. The van der Waals surface area contributed by atoms with Crippen molar-refractivity contribution < 1.29 is 29.0 Å². The molecule has 1 aliphatic carbocycles. The van der Waals surface area contributed by atoms with Crippen molar-refractivity contribution in [1.82, 2.24) is 0 Å². The van der Waals surface area contributed by atoms with Crippen LogP contribution in [0.2, 0.25) is 0 Å². The molecule has 0 amide bonds. The molecule has 0 bridgehead atoms. The Hall–Kier alpha value is -1.85. The van der Waals surface area contributed by atoms with Gasteiger partial charge < -0.3 is 14.6 Å². The van der Waals surface area contributed by atoms with Crippen LogP contribution in [0.5, 0.6) is 0 Å². The number of ether oxygens (including phenoxy) is 2. The predicted molar refractivity (Wildman–Crippen MR) is 71.9 cm³/mol. The summed E-state index contributed by atoms with van der Waals surface area (Å²) < 4.78 is 9.29. The Morgan fingerprint density at radius 3 is 2.15 bits per heavy atom. The third kappa shape index (κ3) is 7.56.